The Balaban J connectivity index is 2.00. The topological polar surface area (TPSA) is 110 Å². The number of hydrogen-bond donors (Lipinski definition) is 5. The zero-order chi connectivity index (χ0) is 15.1. The summed E-state index contributed by atoms with van der Waals surface area (Å²) in [6, 6.07) is 6.67. The van der Waals surface area contributed by atoms with Gasteiger partial charge in [-0.3, -0.25) is 0 Å². The first-order valence-corrected chi connectivity index (χ1v) is 6.37. The number of fused-ring (bicyclic) bond motifs is 1. The van der Waals surface area contributed by atoms with Crippen molar-refractivity contribution in [3.05, 3.63) is 41.5 Å². The molecule has 0 bridgehead atoms. The summed E-state index contributed by atoms with van der Waals surface area (Å²) in [6.07, 6.45) is -1.56. The van der Waals surface area contributed by atoms with Crippen molar-refractivity contribution in [2.24, 2.45) is 0 Å². The molecule has 110 valence electrons. The smallest absolute Gasteiger partial charge is 0.157 e. The van der Waals surface area contributed by atoms with E-state index in [0.29, 0.717) is 11.1 Å². The van der Waals surface area contributed by atoms with Gasteiger partial charge in [0.1, 0.15) is 23.4 Å². The van der Waals surface area contributed by atoms with Gasteiger partial charge in [-0.05, 0) is 17.7 Å². The zero-order valence-corrected chi connectivity index (χ0v) is 10.9. The number of hydrogen-bond acceptors (Lipinski definition) is 6. The maximum atomic E-state index is 10.2. The summed E-state index contributed by atoms with van der Waals surface area (Å²) in [7, 11) is 0. The largest absolute Gasteiger partial charge is 0.508 e. The summed E-state index contributed by atoms with van der Waals surface area (Å²) in [4.78, 5) is 0. The molecule has 0 saturated heterocycles. The van der Waals surface area contributed by atoms with Crippen LogP contribution in [0.2, 0.25) is 0 Å². The van der Waals surface area contributed by atoms with Crippen LogP contribution in [0.3, 0.4) is 0 Å². The van der Waals surface area contributed by atoms with Crippen LogP contribution in [0.5, 0.6) is 28.7 Å². The van der Waals surface area contributed by atoms with E-state index in [1.165, 1.54) is 30.3 Å². The molecule has 0 spiro atoms. The molecule has 1 aliphatic rings. The van der Waals surface area contributed by atoms with Crippen LogP contribution in [0.1, 0.15) is 17.2 Å². The number of aliphatic hydroxyl groups is 1. The monoisotopic (exact) mass is 290 g/mol. The van der Waals surface area contributed by atoms with Gasteiger partial charge in [0, 0.05) is 24.1 Å². The van der Waals surface area contributed by atoms with Crippen LogP contribution < -0.4 is 4.74 Å². The number of ether oxygens (including phenoxy) is 1. The summed E-state index contributed by atoms with van der Waals surface area (Å²) >= 11 is 0. The van der Waals surface area contributed by atoms with Gasteiger partial charge in [0.05, 0.1) is 6.10 Å². The summed E-state index contributed by atoms with van der Waals surface area (Å²) in [5.74, 6) is -0.589. The molecule has 2 atom stereocenters. The molecule has 0 saturated carbocycles. The van der Waals surface area contributed by atoms with Crippen LogP contribution in [-0.2, 0) is 6.42 Å². The lowest BCUT2D eigenvalue weighted by atomic mass is 9.94. The third kappa shape index (κ3) is 2.30. The standard InChI is InChI=1S/C15H14O6/c16-8-4-11(18)9-6-13(20)15(21-14(9)5-8)7-1-2-10(17)12(19)3-7/h1-5,13,15-20H,6H2/t13?,15-/m1/s1. The molecule has 1 aliphatic heterocycles. The molecule has 5 N–H and O–H groups in total. The molecule has 2 aromatic carbocycles. The maximum Gasteiger partial charge on any atom is 0.157 e. The molecule has 2 aromatic rings. The van der Waals surface area contributed by atoms with Crippen molar-refractivity contribution in [3.8, 4) is 28.7 Å². The first-order chi connectivity index (χ1) is 9.95. The van der Waals surface area contributed by atoms with E-state index in [1.54, 1.807) is 0 Å². The van der Waals surface area contributed by atoms with Crippen molar-refractivity contribution in [2.75, 3.05) is 0 Å². The van der Waals surface area contributed by atoms with Crippen LogP contribution in [0.4, 0.5) is 0 Å². The molecule has 3 rings (SSSR count). The van der Waals surface area contributed by atoms with Crippen LogP contribution in [0.25, 0.3) is 0 Å². The molecule has 6 nitrogen and oxygen atoms in total. The molecule has 6 heteroatoms. The van der Waals surface area contributed by atoms with Crippen molar-refractivity contribution in [3.63, 3.8) is 0 Å². The average Bonchev–Trinajstić information content (AvgIpc) is 2.42. The Morgan fingerprint density at radius 1 is 0.905 bits per heavy atom. The lowest BCUT2D eigenvalue weighted by Gasteiger charge is -2.31. The predicted octanol–water partition coefficient (Wildman–Crippen LogP) is 1.55. The highest BCUT2D eigenvalue weighted by Gasteiger charge is 2.32. The summed E-state index contributed by atoms with van der Waals surface area (Å²) in [5.41, 5.74) is 0.894. The van der Waals surface area contributed by atoms with Gasteiger partial charge in [0.15, 0.2) is 11.5 Å². The van der Waals surface area contributed by atoms with E-state index in [2.05, 4.69) is 0 Å². The Labute approximate surface area is 120 Å². The van der Waals surface area contributed by atoms with Gasteiger partial charge in [-0.15, -0.1) is 0 Å². The van der Waals surface area contributed by atoms with Gasteiger partial charge in [0.2, 0.25) is 0 Å². The highest BCUT2D eigenvalue weighted by Crippen LogP contribution is 2.42. The second-order valence-electron chi connectivity index (χ2n) is 5.00. The van der Waals surface area contributed by atoms with Crippen molar-refractivity contribution in [2.45, 2.75) is 18.6 Å². The number of phenols is 4. The molecule has 0 aliphatic carbocycles. The van der Waals surface area contributed by atoms with Gasteiger partial charge >= 0.3 is 0 Å². The van der Waals surface area contributed by atoms with Crippen molar-refractivity contribution in [1.82, 2.24) is 0 Å². The Bertz CT molecular complexity index is 697. The van der Waals surface area contributed by atoms with Crippen LogP contribution >= 0.6 is 0 Å². The SMILES string of the molecule is Oc1cc(O)c2c(c1)O[C@H](c1ccc(O)c(O)c1)C(O)C2. The van der Waals surface area contributed by atoms with Gasteiger partial charge in [-0.1, -0.05) is 6.07 Å². The fraction of sp³-hybridized carbons (Fsp3) is 0.200. The van der Waals surface area contributed by atoms with Gasteiger partial charge < -0.3 is 30.3 Å². The van der Waals surface area contributed by atoms with Crippen LogP contribution in [0.15, 0.2) is 30.3 Å². The number of benzene rings is 2. The summed E-state index contributed by atoms with van der Waals surface area (Å²) < 4.78 is 5.62. The Morgan fingerprint density at radius 2 is 1.67 bits per heavy atom. The van der Waals surface area contributed by atoms with Crippen molar-refractivity contribution >= 4 is 0 Å². The number of phenolic OH excluding ortho intramolecular Hbond substituents is 4. The molecular formula is C15H14O6. The zero-order valence-electron chi connectivity index (χ0n) is 10.9. The lowest BCUT2D eigenvalue weighted by Crippen LogP contribution is -2.30. The predicted molar refractivity (Wildman–Crippen MR) is 72.6 cm³/mol. The Hall–Kier alpha value is -2.60. The fourth-order valence-corrected chi connectivity index (χ4v) is 2.47. The van der Waals surface area contributed by atoms with E-state index < -0.39 is 12.2 Å². The van der Waals surface area contributed by atoms with E-state index in [9.17, 15) is 25.5 Å². The summed E-state index contributed by atoms with van der Waals surface area (Å²) in [5, 5.41) is 48.3. The van der Waals surface area contributed by atoms with Crippen LogP contribution in [-0.4, -0.2) is 31.6 Å². The molecule has 21 heavy (non-hydrogen) atoms. The lowest BCUT2D eigenvalue weighted by molar-refractivity contribution is 0.0197. The molecule has 0 fully saturated rings. The third-order valence-corrected chi connectivity index (χ3v) is 3.51. The molecule has 0 aromatic heterocycles. The minimum Gasteiger partial charge on any atom is -0.508 e. The first-order valence-electron chi connectivity index (χ1n) is 6.37. The minimum atomic E-state index is -0.933. The molecule has 1 heterocycles. The number of aliphatic hydroxyl groups excluding tert-OH is 1. The maximum absolute atomic E-state index is 10.2. The normalized spacial score (nSPS) is 20.6. The molecule has 1 unspecified atom stereocenters. The molecule has 0 radical (unpaired) electrons. The van der Waals surface area contributed by atoms with Crippen LogP contribution in [0, 0.1) is 0 Å². The first kappa shape index (κ1) is 13.4. The number of rotatable bonds is 1. The van der Waals surface area contributed by atoms with Gasteiger partial charge in [0.25, 0.3) is 0 Å². The van der Waals surface area contributed by atoms with Crippen molar-refractivity contribution in [1.29, 1.82) is 0 Å². The van der Waals surface area contributed by atoms with Crippen molar-refractivity contribution < 1.29 is 30.3 Å². The fourth-order valence-electron chi connectivity index (χ4n) is 2.47. The van der Waals surface area contributed by atoms with E-state index in [1.807, 2.05) is 0 Å². The minimum absolute atomic E-state index is 0.143. The van der Waals surface area contributed by atoms with Gasteiger partial charge in [-0.2, -0.15) is 0 Å². The van der Waals surface area contributed by atoms with E-state index in [4.69, 9.17) is 4.74 Å². The second-order valence-corrected chi connectivity index (χ2v) is 5.00. The third-order valence-electron chi connectivity index (χ3n) is 3.51. The highest BCUT2D eigenvalue weighted by molar-refractivity contribution is 5.52. The number of aromatic hydroxyl groups is 4. The molecular weight excluding hydrogens is 276 g/mol. The van der Waals surface area contributed by atoms with E-state index in [0.717, 1.165) is 0 Å². The average molecular weight is 290 g/mol. The Morgan fingerprint density at radius 3 is 2.38 bits per heavy atom. The molecule has 0 amide bonds. The Kier molecular flexibility index (Phi) is 3.03. The van der Waals surface area contributed by atoms with E-state index >= 15 is 0 Å². The quantitative estimate of drug-likeness (QED) is 0.510. The highest BCUT2D eigenvalue weighted by atomic mass is 16.5. The van der Waals surface area contributed by atoms with Gasteiger partial charge in [-0.25, -0.2) is 0 Å². The second kappa shape index (κ2) is 4.75. The summed E-state index contributed by atoms with van der Waals surface area (Å²) in [6.45, 7) is 0. The van der Waals surface area contributed by atoms with E-state index in [-0.39, 0.29) is 35.2 Å².